The van der Waals surface area contributed by atoms with E-state index < -0.39 is 5.95 Å². The first-order valence-corrected chi connectivity index (χ1v) is 4.90. The molecule has 1 amide bonds. The average molecular weight is 209 g/mol. The molecule has 1 saturated heterocycles. The minimum atomic E-state index is -0.504. The molecule has 0 bridgehead atoms. The predicted molar refractivity (Wildman–Crippen MR) is 53.8 cm³/mol. The summed E-state index contributed by atoms with van der Waals surface area (Å²) in [7, 11) is 0. The van der Waals surface area contributed by atoms with E-state index in [1.54, 1.807) is 12.1 Å². The van der Waals surface area contributed by atoms with Gasteiger partial charge in [0.2, 0.25) is 11.9 Å². The zero-order valence-corrected chi connectivity index (χ0v) is 8.16. The molecule has 1 aliphatic rings. The minimum absolute atomic E-state index is 0.0778. The first kappa shape index (κ1) is 9.89. The van der Waals surface area contributed by atoms with Crippen molar-refractivity contribution in [1.29, 1.82) is 0 Å². The molecule has 0 aliphatic carbocycles. The SMILES string of the molecule is O=C1CCC(CNc2cccc(F)n2)N1. The maximum absolute atomic E-state index is 12.7. The zero-order valence-electron chi connectivity index (χ0n) is 8.16. The second kappa shape index (κ2) is 4.25. The average Bonchev–Trinajstić information content (AvgIpc) is 2.62. The van der Waals surface area contributed by atoms with Crippen LogP contribution in [-0.2, 0) is 4.79 Å². The summed E-state index contributed by atoms with van der Waals surface area (Å²) in [5.41, 5.74) is 0. The van der Waals surface area contributed by atoms with Gasteiger partial charge in [0.1, 0.15) is 5.82 Å². The second-order valence-electron chi connectivity index (χ2n) is 3.53. The van der Waals surface area contributed by atoms with Crippen molar-refractivity contribution in [3.05, 3.63) is 24.1 Å². The number of pyridine rings is 1. The van der Waals surface area contributed by atoms with Crippen LogP contribution in [0.4, 0.5) is 10.2 Å². The Labute approximate surface area is 86.9 Å². The summed E-state index contributed by atoms with van der Waals surface area (Å²) in [5, 5.41) is 5.80. The molecular weight excluding hydrogens is 197 g/mol. The smallest absolute Gasteiger partial charge is 0.220 e. The lowest BCUT2D eigenvalue weighted by Gasteiger charge is -2.11. The molecule has 0 spiro atoms. The van der Waals surface area contributed by atoms with Crippen molar-refractivity contribution in [3.8, 4) is 0 Å². The maximum atomic E-state index is 12.7. The van der Waals surface area contributed by atoms with Gasteiger partial charge in [-0.2, -0.15) is 4.39 Å². The number of halogens is 1. The fourth-order valence-electron chi connectivity index (χ4n) is 1.56. The van der Waals surface area contributed by atoms with Gasteiger partial charge in [-0.05, 0) is 18.6 Å². The Balaban J connectivity index is 1.85. The second-order valence-corrected chi connectivity index (χ2v) is 3.53. The highest BCUT2D eigenvalue weighted by Gasteiger charge is 2.20. The lowest BCUT2D eigenvalue weighted by atomic mass is 10.2. The molecular formula is C10H12FN3O. The number of hydrogen-bond acceptors (Lipinski definition) is 3. The standard InChI is InChI=1S/C10H12FN3O/c11-8-2-1-3-9(14-8)12-6-7-4-5-10(15)13-7/h1-3,7H,4-6H2,(H,12,14)(H,13,15). The van der Waals surface area contributed by atoms with Crippen LogP contribution in [0.2, 0.25) is 0 Å². The predicted octanol–water partition coefficient (Wildman–Crippen LogP) is 0.911. The van der Waals surface area contributed by atoms with Gasteiger partial charge in [-0.3, -0.25) is 4.79 Å². The van der Waals surface area contributed by atoms with Crippen LogP contribution < -0.4 is 10.6 Å². The van der Waals surface area contributed by atoms with Crippen LogP contribution in [0.1, 0.15) is 12.8 Å². The van der Waals surface area contributed by atoms with Gasteiger partial charge >= 0.3 is 0 Å². The summed E-state index contributed by atoms with van der Waals surface area (Å²) in [4.78, 5) is 14.6. The van der Waals surface area contributed by atoms with Gasteiger partial charge in [-0.25, -0.2) is 4.98 Å². The number of carbonyl (C=O) groups is 1. The van der Waals surface area contributed by atoms with Crippen molar-refractivity contribution in [3.63, 3.8) is 0 Å². The molecule has 2 rings (SSSR count). The van der Waals surface area contributed by atoms with Gasteiger partial charge in [0.05, 0.1) is 0 Å². The molecule has 1 aromatic heterocycles. The number of anilines is 1. The Hall–Kier alpha value is -1.65. The summed E-state index contributed by atoms with van der Waals surface area (Å²) in [6, 6.07) is 4.71. The Bertz CT molecular complexity index is 369. The Morgan fingerprint density at radius 3 is 3.13 bits per heavy atom. The van der Waals surface area contributed by atoms with Crippen molar-refractivity contribution in [1.82, 2.24) is 10.3 Å². The molecule has 2 heterocycles. The fourth-order valence-corrected chi connectivity index (χ4v) is 1.56. The minimum Gasteiger partial charge on any atom is -0.368 e. The zero-order chi connectivity index (χ0) is 10.7. The van der Waals surface area contributed by atoms with E-state index >= 15 is 0 Å². The van der Waals surface area contributed by atoms with Crippen molar-refractivity contribution in [2.24, 2.45) is 0 Å². The van der Waals surface area contributed by atoms with Crippen molar-refractivity contribution < 1.29 is 9.18 Å². The van der Waals surface area contributed by atoms with Gasteiger partial charge < -0.3 is 10.6 Å². The van der Waals surface area contributed by atoms with Gasteiger partial charge in [0, 0.05) is 19.0 Å². The van der Waals surface area contributed by atoms with Crippen molar-refractivity contribution >= 4 is 11.7 Å². The van der Waals surface area contributed by atoms with Crippen LogP contribution in [0.25, 0.3) is 0 Å². The van der Waals surface area contributed by atoms with E-state index in [0.29, 0.717) is 18.8 Å². The molecule has 1 unspecified atom stereocenters. The van der Waals surface area contributed by atoms with E-state index in [9.17, 15) is 9.18 Å². The van der Waals surface area contributed by atoms with E-state index in [1.807, 2.05) is 0 Å². The van der Waals surface area contributed by atoms with E-state index in [1.165, 1.54) is 6.07 Å². The van der Waals surface area contributed by atoms with E-state index in [4.69, 9.17) is 0 Å². The third-order valence-corrected chi connectivity index (χ3v) is 2.33. The summed E-state index contributed by atoms with van der Waals surface area (Å²) < 4.78 is 12.7. The molecule has 0 radical (unpaired) electrons. The molecule has 1 aromatic rings. The summed E-state index contributed by atoms with van der Waals surface area (Å²) in [6.07, 6.45) is 1.39. The Morgan fingerprint density at radius 1 is 1.60 bits per heavy atom. The van der Waals surface area contributed by atoms with Crippen LogP contribution in [0.5, 0.6) is 0 Å². The lowest BCUT2D eigenvalue weighted by molar-refractivity contribution is -0.119. The lowest BCUT2D eigenvalue weighted by Crippen LogP contribution is -2.31. The molecule has 0 aromatic carbocycles. The first-order chi connectivity index (χ1) is 7.24. The fraction of sp³-hybridized carbons (Fsp3) is 0.400. The normalized spacial score (nSPS) is 20.1. The number of rotatable bonds is 3. The Kier molecular flexibility index (Phi) is 2.80. The molecule has 1 atom stereocenters. The highest BCUT2D eigenvalue weighted by Crippen LogP contribution is 2.08. The molecule has 1 fully saturated rings. The van der Waals surface area contributed by atoms with Crippen LogP contribution in [0.3, 0.4) is 0 Å². The largest absolute Gasteiger partial charge is 0.368 e. The molecule has 5 heteroatoms. The highest BCUT2D eigenvalue weighted by molar-refractivity contribution is 5.78. The number of nitrogens with one attached hydrogen (secondary N) is 2. The highest BCUT2D eigenvalue weighted by atomic mass is 19.1. The molecule has 1 aliphatic heterocycles. The van der Waals surface area contributed by atoms with E-state index in [0.717, 1.165) is 6.42 Å². The number of hydrogen-bond donors (Lipinski definition) is 2. The van der Waals surface area contributed by atoms with E-state index in [2.05, 4.69) is 15.6 Å². The Morgan fingerprint density at radius 2 is 2.47 bits per heavy atom. The van der Waals surface area contributed by atoms with Gasteiger partial charge in [-0.15, -0.1) is 0 Å². The van der Waals surface area contributed by atoms with Gasteiger partial charge in [-0.1, -0.05) is 6.07 Å². The summed E-state index contributed by atoms with van der Waals surface area (Å²) >= 11 is 0. The van der Waals surface area contributed by atoms with Crippen LogP contribution in [0, 0.1) is 5.95 Å². The first-order valence-electron chi connectivity index (χ1n) is 4.90. The van der Waals surface area contributed by atoms with Crippen LogP contribution >= 0.6 is 0 Å². The quantitative estimate of drug-likeness (QED) is 0.727. The number of carbonyl (C=O) groups excluding carboxylic acids is 1. The summed E-state index contributed by atoms with van der Waals surface area (Å²) in [5.74, 6) is 0.0700. The molecule has 15 heavy (non-hydrogen) atoms. The van der Waals surface area contributed by atoms with Crippen LogP contribution in [-0.4, -0.2) is 23.5 Å². The third kappa shape index (κ3) is 2.65. The molecule has 80 valence electrons. The monoisotopic (exact) mass is 209 g/mol. The number of amides is 1. The number of aromatic nitrogens is 1. The van der Waals surface area contributed by atoms with Gasteiger partial charge in [0.25, 0.3) is 0 Å². The van der Waals surface area contributed by atoms with E-state index in [-0.39, 0.29) is 11.9 Å². The van der Waals surface area contributed by atoms with Crippen molar-refractivity contribution in [2.45, 2.75) is 18.9 Å². The molecule has 4 nitrogen and oxygen atoms in total. The van der Waals surface area contributed by atoms with Crippen molar-refractivity contribution in [2.75, 3.05) is 11.9 Å². The summed E-state index contributed by atoms with van der Waals surface area (Å²) in [6.45, 7) is 0.586. The molecule has 0 saturated carbocycles. The third-order valence-electron chi connectivity index (χ3n) is 2.33. The topological polar surface area (TPSA) is 54.0 Å². The maximum Gasteiger partial charge on any atom is 0.220 e. The number of nitrogens with zero attached hydrogens (tertiary/aromatic N) is 1. The van der Waals surface area contributed by atoms with Crippen LogP contribution in [0.15, 0.2) is 18.2 Å². The van der Waals surface area contributed by atoms with Gasteiger partial charge in [0.15, 0.2) is 0 Å². The molecule has 2 N–H and O–H groups in total.